The predicted molar refractivity (Wildman–Crippen MR) is 214 cm³/mol. The van der Waals surface area contributed by atoms with Crippen molar-refractivity contribution in [3.8, 4) is 0 Å². The van der Waals surface area contributed by atoms with E-state index in [4.69, 9.17) is 6.15 Å². The van der Waals surface area contributed by atoms with Crippen molar-refractivity contribution in [1.82, 2.24) is 0 Å². The van der Waals surface area contributed by atoms with E-state index in [-0.39, 0.29) is 11.9 Å². The quantitative estimate of drug-likeness (QED) is 0.0477. The van der Waals surface area contributed by atoms with Gasteiger partial charge in [0.25, 0.3) is 0 Å². The molecule has 4 nitrogen and oxygen atoms in total. The van der Waals surface area contributed by atoms with Crippen LogP contribution in [0.3, 0.4) is 0 Å². The van der Waals surface area contributed by atoms with Crippen LogP contribution in [0, 0.1) is 0 Å². The van der Waals surface area contributed by atoms with Crippen molar-refractivity contribution < 1.29 is 15.7 Å². The first-order chi connectivity index (χ1) is 22.7. The summed E-state index contributed by atoms with van der Waals surface area (Å²) in [5.41, 5.74) is 0. The van der Waals surface area contributed by atoms with Crippen molar-refractivity contribution >= 4 is 54.7 Å². The summed E-state index contributed by atoms with van der Waals surface area (Å²) in [5.74, 6) is 1.66. The summed E-state index contributed by atoms with van der Waals surface area (Å²) in [5, 5.41) is 0. The number of carbonyl (C=O) groups is 2. The van der Waals surface area contributed by atoms with Gasteiger partial charge in [0.1, 0.15) is 0 Å². The van der Waals surface area contributed by atoms with Crippen LogP contribution in [0.5, 0.6) is 0 Å². The van der Waals surface area contributed by atoms with Gasteiger partial charge in [-0.05, 0) is 0 Å². The molecule has 0 aromatic heterocycles. The van der Waals surface area contributed by atoms with Gasteiger partial charge < -0.3 is 0 Å². The standard InChI is InChI=1S/2C12H24O2S.2C8H17.Sn/c2*1-4-7-8-9-10-12(5-2,11(13)14)15-6-3;2*1-3-5-7-8-6-4-2;/h2*4-10H2,1-3H3,(H,13,14);2*1,3-8H2,2H3;/q;;;;+2/p-2. The van der Waals surface area contributed by atoms with Gasteiger partial charge >= 0.3 is 310 Å². The molecule has 0 saturated heterocycles. The van der Waals surface area contributed by atoms with E-state index in [1.54, 1.807) is 23.5 Å². The molecule has 0 spiro atoms. The fraction of sp³-hybridized carbons (Fsp3) is 0.950. The number of unbranched alkanes of at least 4 members (excludes halogenated alkanes) is 16. The Hall–Kier alpha value is 0.439. The summed E-state index contributed by atoms with van der Waals surface area (Å²) in [6, 6.07) is 0. The zero-order chi connectivity index (χ0) is 35.3. The molecule has 0 amide bonds. The van der Waals surface area contributed by atoms with E-state index in [0.29, 0.717) is 0 Å². The van der Waals surface area contributed by atoms with Crippen molar-refractivity contribution in [3.05, 3.63) is 0 Å². The van der Waals surface area contributed by atoms with Crippen LogP contribution in [0.1, 0.15) is 209 Å². The van der Waals surface area contributed by atoms with Gasteiger partial charge in [-0.15, -0.1) is 0 Å². The summed E-state index contributed by atoms with van der Waals surface area (Å²) in [6.07, 6.45) is 26.6. The monoisotopic (exact) mass is 808 g/mol. The first-order valence-electron chi connectivity index (χ1n) is 20.5. The zero-order valence-corrected chi connectivity index (χ0v) is 37.2. The topological polar surface area (TPSA) is 52.6 Å². The Balaban J connectivity index is 6.58. The SMILES string of the molecule is CCCCCCC[CH2][Sn]([CH2]CCCCCCC)([O]C(=O)C(CC)(CCCCCC)SCC)[O]C(=O)C(CC)(CCCCCC)SCC. The molecule has 0 bridgehead atoms. The van der Waals surface area contributed by atoms with E-state index in [9.17, 15) is 9.59 Å². The third-order valence-corrected chi connectivity index (χ3v) is 22.5. The summed E-state index contributed by atoms with van der Waals surface area (Å²) >= 11 is -0.686. The van der Waals surface area contributed by atoms with Crippen molar-refractivity contribution in [2.75, 3.05) is 11.5 Å². The Bertz CT molecular complexity index is 705. The molecule has 0 aromatic rings. The molecule has 0 rings (SSSR count). The van der Waals surface area contributed by atoms with Crippen molar-refractivity contribution in [3.63, 3.8) is 0 Å². The third kappa shape index (κ3) is 19.6. The van der Waals surface area contributed by atoms with Gasteiger partial charge in [-0.1, -0.05) is 0 Å². The second-order valence-electron chi connectivity index (χ2n) is 13.9. The van der Waals surface area contributed by atoms with Gasteiger partial charge in [-0.25, -0.2) is 0 Å². The molecule has 0 fully saturated rings. The van der Waals surface area contributed by atoms with E-state index in [2.05, 4.69) is 55.4 Å². The molecule has 0 aliphatic rings. The Morgan fingerprint density at radius 2 is 0.745 bits per heavy atom. The molecular formula is C40H80O4S2Sn. The summed E-state index contributed by atoms with van der Waals surface area (Å²) in [6.45, 7) is 17.6. The second-order valence-corrected chi connectivity index (χ2v) is 26.4. The normalized spacial score (nSPS) is 14.5. The Labute approximate surface area is 307 Å². The molecule has 7 heteroatoms. The summed E-state index contributed by atoms with van der Waals surface area (Å²) in [7, 11) is 0. The van der Waals surface area contributed by atoms with Gasteiger partial charge in [0, 0.05) is 0 Å². The molecule has 0 radical (unpaired) electrons. The fourth-order valence-corrected chi connectivity index (χ4v) is 19.1. The molecule has 0 aliphatic carbocycles. The van der Waals surface area contributed by atoms with Crippen LogP contribution in [0.4, 0.5) is 0 Å². The van der Waals surface area contributed by atoms with Gasteiger partial charge in [-0.2, -0.15) is 0 Å². The van der Waals surface area contributed by atoms with Crippen LogP contribution in [0.15, 0.2) is 0 Å². The van der Waals surface area contributed by atoms with E-state index < -0.39 is 28.7 Å². The minimum absolute atomic E-state index is 0.0582. The van der Waals surface area contributed by atoms with Crippen molar-refractivity contribution in [2.45, 2.75) is 228 Å². The number of carbonyl (C=O) groups excluding carboxylic acids is 2. The van der Waals surface area contributed by atoms with Crippen LogP contribution in [-0.2, 0) is 15.7 Å². The number of thioether (sulfide) groups is 2. The number of rotatable bonds is 34. The van der Waals surface area contributed by atoms with Crippen LogP contribution in [0.2, 0.25) is 8.87 Å². The molecule has 0 aromatic carbocycles. The maximum absolute atomic E-state index is 14.6. The zero-order valence-electron chi connectivity index (χ0n) is 32.7. The third-order valence-electron chi connectivity index (χ3n) is 9.98. The molecule has 0 heterocycles. The average molecular weight is 808 g/mol. The summed E-state index contributed by atoms with van der Waals surface area (Å²) < 4.78 is 14.5. The van der Waals surface area contributed by atoms with E-state index in [1.807, 2.05) is 0 Å². The van der Waals surface area contributed by atoms with Gasteiger partial charge in [0.2, 0.25) is 0 Å². The maximum atomic E-state index is 14.6. The van der Waals surface area contributed by atoms with Gasteiger partial charge in [0.15, 0.2) is 0 Å². The Morgan fingerprint density at radius 1 is 0.447 bits per heavy atom. The van der Waals surface area contributed by atoms with Crippen molar-refractivity contribution in [2.24, 2.45) is 0 Å². The number of hydrogen-bond acceptors (Lipinski definition) is 6. The van der Waals surface area contributed by atoms with Gasteiger partial charge in [-0.3, -0.25) is 0 Å². The molecular weight excluding hydrogens is 727 g/mol. The molecule has 47 heavy (non-hydrogen) atoms. The second kappa shape index (κ2) is 30.1. The number of hydrogen-bond donors (Lipinski definition) is 0. The average Bonchev–Trinajstić information content (AvgIpc) is 3.07. The van der Waals surface area contributed by atoms with E-state index >= 15 is 0 Å². The minimum atomic E-state index is -4.23. The van der Waals surface area contributed by atoms with Crippen LogP contribution in [0.25, 0.3) is 0 Å². The molecule has 2 atom stereocenters. The van der Waals surface area contributed by atoms with Gasteiger partial charge in [0.05, 0.1) is 0 Å². The summed E-state index contributed by atoms with van der Waals surface area (Å²) in [4.78, 5) is 29.2. The van der Waals surface area contributed by atoms with Crippen molar-refractivity contribution in [1.29, 1.82) is 0 Å². The first kappa shape index (κ1) is 47.4. The van der Waals surface area contributed by atoms with E-state index in [0.717, 1.165) is 97.4 Å². The molecule has 0 N–H and O–H groups in total. The molecule has 0 aliphatic heterocycles. The Morgan fingerprint density at radius 3 is 1.04 bits per heavy atom. The predicted octanol–water partition coefficient (Wildman–Crippen LogP) is 14.0. The molecule has 0 saturated carbocycles. The fourth-order valence-electron chi connectivity index (χ4n) is 6.76. The Kier molecular flexibility index (Phi) is 30.4. The molecule has 280 valence electrons. The van der Waals surface area contributed by atoms with Crippen LogP contribution in [-0.4, -0.2) is 52.1 Å². The van der Waals surface area contributed by atoms with E-state index in [1.165, 1.54) is 77.0 Å². The first-order valence-corrected chi connectivity index (χ1v) is 28.8. The van der Waals surface area contributed by atoms with Crippen LogP contribution < -0.4 is 0 Å². The molecule has 2 unspecified atom stereocenters. The van der Waals surface area contributed by atoms with Crippen LogP contribution >= 0.6 is 23.5 Å².